The summed E-state index contributed by atoms with van der Waals surface area (Å²) >= 11 is 0. The number of carbonyl (C=O) groups excluding carboxylic acids is 1. The molecule has 1 aromatic heterocycles. The van der Waals surface area contributed by atoms with E-state index in [1.807, 2.05) is 6.92 Å². The van der Waals surface area contributed by atoms with Gasteiger partial charge in [0, 0.05) is 5.69 Å². The highest BCUT2D eigenvalue weighted by Crippen LogP contribution is 2.31. The molecule has 0 aromatic carbocycles. The molecule has 1 atom stereocenters. The molecular formula is C9H13ClN2O2. The van der Waals surface area contributed by atoms with Crippen molar-refractivity contribution in [1.82, 2.24) is 9.97 Å². The van der Waals surface area contributed by atoms with Gasteiger partial charge in [-0.05, 0) is 19.8 Å². The second-order valence-corrected chi connectivity index (χ2v) is 3.11. The van der Waals surface area contributed by atoms with E-state index in [4.69, 9.17) is 4.74 Å². The van der Waals surface area contributed by atoms with Gasteiger partial charge in [0.05, 0.1) is 18.6 Å². The van der Waals surface area contributed by atoms with Crippen LogP contribution in [0, 0.1) is 0 Å². The van der Waals surface area contributed by atoms with Crippen LogP contribution in [0.1, 0.15) is 30.7 Å². The van der Waals surface area contributed by atoms with Crippen molar-refractivity contribution >= 4 is 18.4 Å². The topological polar surface area (TPSA) is 55.0 Å². The van der Waals surface area contributed by atoms with Crippen molar-refractivity contribution in [2.75, 3.05) is 6.61 Å². The quantitative estimate of drug-likeness (QED) is 0.761. The lowest BCUT2D eigenvalue weighted by atomic mass is 10.1. The lowest BCUT2D eigenvalue weighted by molar-refractivity contribution is -0.145. The van der Waals surface area contributed by atoms with Crippen molar-refractivity contribution in [3.63, 3.8) is 0 Å². The third kappa shape index (κ3) is 1.75. The summed E-state index contributed by atoms with van der Waals surface area (Å²) in [6.45, 7) is 2.26. The molecule has 1 aliphatic carbocycles. The fourth-order valence-corrected chi connectivity index (χ4v) is 1.73. The van der Waals surface area contributed by atoms with Crippen LogP contribution >= 0.6 is 12.4 Å². The van der Waals surface area contributed by atoms with Crippen LogP contribution in [0.15, 0.2) is 6.33 Å². The van der Waals surface area contributed by atoms with E-state index in [1.54, 1.807) is 6.33 Å². The number of H-pyrrole nitrogens is 1. The van der Waals surface area contributed by atoms with Gasteiger partial charge in [0.1, 0.15) is 5.92 Å². The Morgan fingerprint density at radius 2 is 2.57 bits per heavy atom. The van der Waals surface area contributed by atoms with Crippen LogP contribution in [0.3, 0.4) is 0 Å². The minimum Gasteiger partial charge on any atom is -0.465 e. The Bertz CT molecular complexity index is 324. The average Bonchev–Trinajstić information content (AvgIpc) is 2.62. The van der Waals surface area contributed by atoms with Crippen molar-refractivity contribution in [3.8, 4) is 0 Å². The van der Waals surface area contributed by atoms with E-state index in [2.05, 4.69) is 9.97 Å². The summed E-state index contributed by atoms with van der Waals surface area (Å²) in [5.41, 5.74) is 1.96. The molecule has 0 aliphatic heterocycles. The van der Waals surface area contributed by atoms with Crippen molar-refractivity contribution in [2.24, 2.45) is 0 Å². The first-order valence-corrected chi connectivity index (χ1v) is 4.51. The van der Waals surface area contributed by atoms with Gasteiger partial charge in [0.15, 0.2) is 0 Å². The summed E-state index contributed by atoms with van der Waals surface area (Å²) < 4.78 is 4.96. The summed E-state index contributed by atoms with van der Waals surface area (Å²) in [6.07, 6.45) is 3.36. The number of aromatic amines is 1. The second-order valence-electron chi connectivity index (χ2n) is 3.11. The number of ether oxygens (including phenoxy) is 1. The van der Waals surface area contributed by atoms with E-state index in [0.717, 1.165) is 24.2 Å². The summed E-state index contributed by atoms with van der Waals surface area (Å²) in [7, 11) is 0. The molecule has 1 unspecified atom stereocenters. The number of aryl methyl sites for hydroxylation is 1. The number of carbonyl (C=O) groups is 1. The number of aromatic nitrogens is 2. The van der Waals surface area contributed by atoms with Crippen LogP contribution in [0.25, 0.3) is 0 Å². The molecule has 0 saturated heterocycles. The Morgan fingerprint density at radius 1 is 1.79 bits per heavy atom. The normalized spacial score (nSPS) is 18.5. The number of rotatable bonds is 2. The highest BCUT2D eigenvalue weighted by Gasteiger charge is 2.31. The number of nitrogens with zero attached hydrogens (tertiary/aromatic N) is 1. The SMILES string of the molecule is CCOC(=O)C1CCc2[nH]cnc21.Cl. The molecule has 1 aromatic rings. The monoisotopic (exact) mass is 216 g/mol. The maximum Gasteiger partial charge on any atom is 0.315 e. The van der Waals surface area contributed by atoms with Gasteiger partial charge in [0.2, 0.25) is 0 Å². The Balaban J connectivity index is 0.000000980. The smallest absolute Gasteiger partial charge is 0.315 e. The van der Waals surface area contributed by atoms with Crippen molar-refractivity contribution in [2.45, 2.75) is 25.7 Å². The van der Waals surface area contributed by atoms with Crippen LogP contribution in [-0.4, -0.2) is 22.5 Å². The van der Waals surface area contributed by atoms with Crippen LogP contribution in [0.5, 0.6) is 0 Å². The Kier molecular flexibility index (Phi) is 3.52. The molecule has 1 heterocycles. The number of halogens is 1. The molecule has 4 nitrogen and oxygen atoms in total. The van der Waals surface area contributed by atoms with Crippen LogP contribution in [0.4, 0.5) is 0 Å². The standard InChI is InChI=1S/C9H12N2O2.ClH/c1-2-13-9(12)6-3-4-7-8(6)11-5-10-7;/h5-6H,2-4H2,1H3,(H,10,11);1H. The van der Waals surface area contributed by atoms with E-state index in [-0.39, 0.29) is 24.3 Å². The number of imidazole rings is 1. The average molecular weight is 217 g/mol. The van der Waals surface area contributed by atoms with Gasteiger partial charge >= 0.3 is 5.97 Å². The number of nitrogens with one attached hydrogen (secondary N) is 1. The van der Waals surface area contributed by atoms with Gasteiger partial charge in [-0.15, -0.1) is 12.4 Å². The molecule has 0 amide bonds. The first-order chi connectivity index (χ1) is 6.33. The molecule has 0 spiro atoms. The van der Waals surface area contributed by atoms with Gasteiger partial charge in [-0.25, -0.2) is 4.98 Å². The van der Waals surface area contributed by atoms with Crippen LogP contribution in [0.2, 0.25) is 0 Å². The summed E-state index contributed by atoms with van der Waals surface area (Å²) in [6, 6.07) is 0. The molecule has 5 heteroatoms. The van der Waals surface area contributed by atoms with E-state index in [9.17, 15) is 4.79 Å². The number of hydrogen-bond acceptors (Lipinski definition) is 3. The molecule has 0 radical (unpaired) electrons. The van der Waals surface area contributed by atoms with E-state index in [0.29, 0.717) is 6.61 Å². The van der Waals surface area contributed by atoms with E-state index >= 15 is 0 Å². The first kappa shape index (κ1) is 11.0. The third-order valence-electron chi connectivity index (χ3n) is 2.34. The lowest BCUT2D eigenvalue weighted by Crippen LogP contribution is -2.13. The molecule has 0 saturated carbocycles. The molecule has 1 N–H and O–H groups in total. The van der Waals surface area contributed by atoms with E-state index < -0.39 is 0 Å². The van der Waals surface area contributed by atoms with Crippen molar-refractivity contribution in [3.05, 3.63) is 17.7 Å². The summed E-state index contributed by atoms with van der Waals surface area (Å²) in [4.78, 5) is 18.6. The molecule has 0 bridgehead atoms. The maximum atomic E-state index is 11.4. The predicted molar refractivity (Wildman–Crippen MR) is 53.5 cm³/mol. The number of esters is 1. The van der Waals surface area contributed by atoms with Gasteiger partial charge in [-0.2, -0.15) is 0 Å². The zero-order valence-corrected chi connectivity index (χ0v) is 8.76. The Labute approximate surface area is 88.5 Å². The molecule has 0 fully saturated rings. The molecule has 1 aliphatic rings. The minimum absolute atomic E-state index is 0. The lowest BCUT2D eigenvalue weighted by Gasteiger charge is -2.06. The minimum atomic E-state index is -0.145. The number of fused-ring (bicyclic) bond motifs is 1. The fraction of sp³-hybridized carbons (Fsp3) is 0.556. The predicted octanol–water partition coefficient (Wildman–Crippen LogP) is 1.42. The summed E-state index contributed by atoms with van der Waals surface area (Å²) in [5, 5.41) is 0. The molecular weight excluding hydrogens is 204 g/mol. The Morgan fingerprint density at radius 3 is 3.29 bits per heavy atom. The maximum absolute atomic E-state index is 11.4. The largest absolute Gasteiger partial charge is 0.465 e. The summed E-state index contributed by atoms with van der Waals surface area (Å²) in [5.74, 6) is -0.283. The van der Waals surface area contributed by atoms with Gasteiger partial charge in [0.25, 0.3) is 0 Å². The van der Waals surface area contributed by atoms with Crippen molar-refractivity contribution < 1.29 is 9.53 Å². The zero-order chi connectivity index (χ0) is 9.26. The van der Waals surface area contributed by atoms with Crippen LogP contribution < -0.4 is 0 Å². The van der Waals surface area contributed by atoms with Gasteiger partial charge in [-0.1, -0.05) is 0 Å². The van der Waals surface area contributed by atoms with Crippen molar-refractivity contribution in [1.29, 1.82) is 0 Å². The number of hydrogen-bond donors (Lipinski definition) is 1. The zero-order valence-electron chi connectivity index (χ0n) is 7.95. The van der Waals surface area contributed by atoms with Gasteiger partial charge in [-0.3, -0.25) is 4.79 Å². The highest BCUT2D eigenvalue weighted by atomic mass is 35.5. The fourth-order valence-electron chi connectivity index (χ4n) is 1.73. The third-order valence-corrected chi connectivity index (χ3v) is 2.34. The molecule has 2 rings (SSSR count). The Hall–Kier alpha value is -1.03. The van der Waals surface area contributed by atoms with Crippen LogP contribution in [-0.2, 0) is 16.0 Å². The van der Waals surface area contributed by atoms with E-state index in [1.165, 1.54) is 0 Å². The molecule has 14 heavy (non-hydrogen) atoms. The second kappa shape index (κ2) is 4.46. The first-order valence-electron chi connectivity index (χ1n) is 4.51. The molecule has 78 valence electrons. The highest BCUT2D eigenvalue weighted by molar-refractivity contribution is 5.85. The van der Waals surface area contributed by atoms with Gasteiger partial charge < -0.3 is 9.72 Å².